The normalized spacial score (nSPS) is 23.9. The molecule has 0 aromatic carbocycles. The maximum absolute atomic E-state index is 5.99. The lowest BCUT2D eigenvalue weighted by Gasteiger charge is -2.39. The van der Waals surface area contributed by atoms with Gasteiger partial charge in [-0.1, -0.05) is 0 Å². The second kappa shape index (κ2) is 5.93. The molecule has 0 bridgehead atoms. The van der Waals surface area contributed by atoms with Crippen LogP contribution in [0.15, 0.2) is 0 Å². The molecular weight excluding hydrogens is 266 g/mol. The summed E-state index contributed by atoms with van der Waals surface area (Å²) in [4.78, 5) is 6.93. The number of nitrogens with two attached hydrogens (primary N) is 1. The van der Waals surface area contributed by atoms with Crippen LogP contribution in [0.25, 0.3) is 0 Å². The highest BCUT2D eigenvalue weighted by Crippen LogP contribution is 2.37. The smallest absolute Gasteiger partial charge is 0.244 e. The molecule has 3 rings (SSSR count). The lowest BCUT2D eigenvalue weighted by molar-refractivity contribution is -0.0720. The van der Waals surface area contributed by atoms with Crippen molar-refractivity contribution in [3.8, 4) is 0 Å². The Balaban J connectivity index is 1.58. The number of anilines is 1. The van der Waals surface area contributed by atoms with Gasteiger partial charge in [-0.25, -0.2) is 0 Å². The summed E-state index contributed by atoms with van der Waals surface area (Å²) in [7, 11) is 1.80. The molecule has 6 heteroatoms. The molecule has 1 aromatic rings. The zero-order valence-electron chi connectivity index (χ0n) is 13.1. The van der Waals surface area contributed by atoms with Crippen molar-refractivity contribution in [3.63, 3.8) is 0 Å². The van der Waals surface area contributed by atoms with Gasteiger partial charge in [0.2, 0.25) is 5.95 Å². The fourth-order valence-electron chi connectivity index (χ4n) is 3.46. The molecule has 1 saturated heterocycles. The largest absolute Gasteiger partial charge is 0.378 e. The number of H-pyrrole nitrogens is 1. The Bertz CT molecular complexity index is 455. The molecule has 2 aliphatic rings. The minimum absolute atomic E-state index is 0.00121. The number of hydrogen-bond acceptors (Lipinski definition) is 5. The van der Waals surface area contributed by atoms with Crippen LogP contribution in [-0.4, -0.2) is 47.0 Å². The Kier molecular flexibility index (Phi) is 4.17. The van der Waals surface area contributed by atoms with Gasteiger partial charge in [0.1, 0.15) is 5.82 Å². The molecule has 21 heavy (non-hydrogen) atoms. The number of piperidine rings is 1. The maximum atomic E-state index is 5.99. The molecule has 1 aromatic heterocycles. The summed E-state index contributed by atoms with van der Waals surface area (Å²) in [5.74, 6) is 2.41. The Morgan fingerprint density at radius 2 is 2.14 bits per heavy atom. The topological polar surface area (TPSA) is 80.1 Å². The number of nitrogens with one attached hydrogen (secondary N) is 1. The predicted molar refractivity (Wildman–Crippen MR) is 82.3 cm³/mol. The van der Waals surface area contributed by atoms with E-state index in [1.54, 1.807) is 7.11 Å². The van der Waals surface area contributed by atoms with Crippen LogP contribution >= 0.6 is 0 Å². The Morgan fingerprint density at radius 1 is 1.43 bits per heavy atom. The number of methoxy groups -OCH3 is 1. The quantitative estimate of drug-likeness (QED) is 0.859. The number of ether oxygens (including phenoxy) is 1. The summed E-state index contributed by atoms with van der Waals surface area (Å²) in [5.41, 5.74) is 5.99. The molecule has 1 aliphatic heterocycles. The van der Waals surface area contributed by atoms with Gasteiger partial charge in [-0.05, 0) is 44.9 Å². The first-order valence-electron chi connectivity index (χ1n) is 8.09. The molecule has 2 fully saturated rings. The number of hydrogen-bond donors (Lipinski definition) is 2. The van der Waals surface area contributed by atoms with Crippen molar-refractivity contribution in [1.82, 2.24) is 15.2 Å². The number of aromatic nitrogens is 3. The van der Waals surface area contributed by atoms with E-state index in [4.69, 9.17) is 10.5 Å². The van der Waals surface area contributed by atoms with Crippen molar-refractivity contribution >= 4 is 5.95 Å². The van der Waals surface area contributed by atoms with E-state index in [2.05, 4.69) is 27.0 Å². The molecule has 6 nitrogen and oxygen atoms in total. The molecule has 1 unspecified atom stereocenters. The Labute approximate surface area is 126 Å². The zero-order chi connectivity index (χ0) is 14.9. The molecule has 1 aliphatic carbocycles. The van der Waals surface area contributed by atoms with Gasteiger partial charge in [0.05, 0.1) is 5.60 Å². The lowest BCUT2D eigenvalue weighted by atomic mass is 9.77. The van der Waals surface area contributed by atoms with Crippen LogP contribution in [0.1, 0.15) is 44.9 Å². The highest BCUT2D eigenvalue weighted by Gasteiger charge is 2.38. The fraction of sp³-hybridized carbons (Fsp3) is 0.867. The van der Waals surface area contributed by atoms with E-state index in [1.807, 2.05) is 0 Å². The first-order chi connectivity index (χ1) is 10.1. The average molecular weight is 293 g/mol. The third-order valence-corrected chi connectivity index (χ3v) is 5.27. The Morgan fingerprint density at radius 3 is 2.67 bits per heavy atom. The van der Waals surface area contributed by atoms with E-state index >= 15 is 0 Å². The third-order valence-electron chi connectivity index (χ3n) is 5.27. The van der Waals surface area contributed by atoms with Gasteiger partial charge in [-0.2, -0.15) is 4.98 Å². The predicted octanol–water partition coefficient (Wildman–Crippen LogP) is 1.48. The first kappa shape index (κ1) is 14.8. The summed E-state index contributed by atoms with van der Waals surface area (Å²) >= 11 is 0. The van der Waals surface area contributed by atoms with E-state index in [1.165, 1.54) is 6.42 Å². The summed E-state index contributed by atoms with van der Waals surface area (Å²) in [5, 5.41) is 7.48. The van der Waals surface area contributed by atoms with Crippen molar-refractivity contribution in [2.45, 2.75) is 57.1 Å². The average Bonchev–Trinajstić information content (AvgIpc) is 2.91. The van der Waals surface area contributed by atoms with E-state index < -0.39 is 0 Å². The summed E-state index contributed by atoms with van der Waals surface area (Å²) < 4.78 is 5.66. The van der Waals surface area contributed by atoms with E-state index in [0.717, 1.165) is 57.0 Å². The van der Waals surface area contributed by atoms with Crippen molar-refractivity contribution in [1.29, 1.82) is 0 Å². The molecule has 0 amide bonds. The molecule has 1 atom stereocenters. The van der Waals surface area contributed by atoms with Crippen LogP contribution in [-0.2, 0) is 11.2 Å². The van der Waals surface area contributed by atoms with E-state index in [-0.39, 0.29) is 11.6 Å². The molecule has 2 heterocycles. The van der Waals surface area contributed by atoms with Crippen LogP contribution < -0.4 is 10.6 Å². The molecule has 0 spiro atoms. The van der Waals surface area contributed by atoms with Gasteiger partial charge in [-0.3, -0.25) is 5.10 Å². The molecule has 1 saturated carbocycles. The van der Waals surface area contributed by atoms with Crippen molar-refractivity contribution in [3.05, 3.63) is 5.82 Å². The van der Waals surface area contributed by atoms with Crippen molar-refractivity contribution in [2.24, 2.45) is 11.7 Å². The van der Waals surface area contributed by atoms with E-state index in [0.29, 0.717) is 5.92 Å². The second-order valence-corrected chi connectivity index (χ2v) is 6.68. The van der Waals surface area contributed by atoms with Gasteiger partial charge >= 0.3 is 0 Å². The highest BCUT2D eigenvalue weighted by molar-refractivity contribution is 5.29. The number of nitrogens with zero attached hydrogens (tertiary/aromatic N) is 3. The fourth-order valence-corrected chi connectivity index (χ4v) is 3.46. The molecule has 118 valence electrons. The first-order valence-corrected chi connectivity index (χ1v) is 8.09. The molecule has 0 radical (unpaired) electrons. The van der Waals surface area contributed by atoms with Crippen molar-refractivity contribution in [2.75, 3.05) is 25.1 Å². The summed E-state index contributed by atoms with van der Waals surface area (Å²) in [6.45, 7) is 4.10. The van der Waals surface area contributed by atoms with Gasteiger partial charge in [-0.15, -0.1) is 5.10 Å². The standard InChI is InChI=1S/C15H27N5O/c1-11(16)12-4-8-20(9-5-12)14-17-13(18-19-14)10-15(21-2)6-3-7-15/h11-12H,3-10,16H2,1-2H3,(H,17,18,19). The molecular formula is C15H27N5O. The third kappa shape index (κ3) is 3.06. The lowest BCUT2D eigenvalue weighted by Crippen LogP contribution is -2.41. The monoisotopic (exact) mass is 293 g/mol. The van der Waals surface area contributed by atoms with Crippen LogP contribution in [0.2, 0.25) is 0 Å². The van der Waals surface area contributed by atoms with E-state index in [9.17, 15) is 0 Å². The van der Waals surface area contributed by atoms with Crippen LogP contribution in [0, 0.1) is 5.92 Å². The summed E-state index contributed by atoms with van der Waals surface area (Å²) in [6.07, 6.45) is 6.60. The van der Waals surface area contributed by atoms with Crippen molar-refractivity contribution < 1.29 is 4.74 Å². The minimum atomic E-state index is -0.00121. The molecule has 3 N–H and O–H groups in total. The highest BCUT2D eigenvalue weighted by atomic mass is 16.5. The zero-order valence-corrected chi connectivity index (χ0v) is 13.1. The van der Waals surface area contributed by atoms with Gasteiger partial charge in [0.25, 0.3) is 0 Å². The van der Waals surface area contributed by atoms with Crippen LogP contribution in [0.3, 0.4) is 0 Å². The van der Waals surface area contributed by atoms with Crippen LogP contribution in [0.4, 0.5) is 5.95 Å². The van der Waals surface area contributed by atoms with Gasteiger partial charge in [0.15, 0.2) is 0 Å². The summed E-state index contributed by atoms with van der Waals surface area (Å²) in [6, 6.07) is 0.287. The van der Waals surface area contributed by atoms with Gasteiger partial charge in [0, 0.05) is 32.7 Å². The van der Waals surface area contributed by atoms with Gasteiger partial charge < -0.3 is 15.4 Å². The SMILES string of the molecule is COC1(Cc2nc(N3CCC(C(C)N)CC3)n[nH]2)CCC1. The number of rotatable bonds is 5. The maximum Gasteiger partial charge on any atom is 0.244 e. The second-order valence-electron chi connectivity index (χ2n) is 6.68. The minimum Gasteiger partial charge on any atom is -0.378 e. The Hall–Kier alpha value is -1.14. The number of aromatic amines is 1. The van der Waals surface area contributed by atoms with Crippen LogP contribution in [0.5, 0.6) is 0 Å².